The maximum Gasteiger partial charge on any atom is 0.265 e. The first kappa shape index (κ1) is 22.9. The highest BCUT2D eigenvalue weighted by Gasteiger charge is 2.22. The van der Waals surface area contributed by atoms with Gasteiger partial charge < -0.3 is 4.74 Å². The minimum Gasteiger partial charge on any atom is -0.494 e. The van der Waals surface area contributed by atoms with E-state index >= 15 is 0 Å². The highest BCUT2D eigenvalue weighted by molar-refractivity contribution is 6.05. The molecule has 3 aromatic carbocycles. The molecule has 0 amide bonds. The number of ether oxygens (including phenoxy) is 1. The molecule has 0 saturated carbocycles. The van der Waals surface area contributed by atoms with Crippen LogP contribution in [0.2, 0.25) is 0 Å². The molecule has 0 unspecified atom stereocenters. The fourth-order valence-electron chi connectivity index (χ4n) is 4.86. The van der Waals surface area contributed by atoms with E-state index < -0.39 is 0 Å². The van der Waals surface area contributed by atoms with E-state index in [0.29, 0.717) is 41.8 Å². The molecule has 0 N–H and O–H groups in total. The van der Waals surface area contributed by atoms with Crippen LogP contribution < -0.4 is 10.3 Å². The summed E-state index contributed by atoms with van der Waals surface area (Å²) in [4.78, 5) is 29.0. The fourth-order valence-corrected chi connectivity index (χ4v) is 4.86. The summed E-state index contributed by atoms with van der Waals surface area (Å²) >= 11 is 0. The second-order valence-electron chi connectivity index (χ2n) is 8.92. The molecule has 184 valence electrons. The minimum absolute atomic E-state index is 0.0861. The third kappa shape index (κ3) is 4.02. The van der Waals surface area contributed by atoms with Gasteiger partial charge in [0.15, 0.2) is 11.3 Å². The SMILES string of the molecule is CCOc1ccc(-n2c3nc4ccccc4nc3c3c(=O)n(CCc4ccccc4)c(CC)nc32)cc1. The lowest BCUT2D eigenvalue weighted by atomic mass is 10.1. The number of para-hydroxylation sites is 2. The van der Waals surface area contributed by atoms with E-state index in [1.54, 1.807) is 4.57 Å². The van der Waals surface area contributed by atoms with E-state index in [9.17, 15) is 4.79 Å². The van der Waals surface area contributed by atoms with Crippen molar-refractivity contribution in [2.24, 2.45) is 0 Å². The van der Waals surface area contributed by atoms with Crippen LogP contribution in [0.4, 0.5) is 0 Å². The Hall–Kier alpha value is -4.52. The first-order valence-corrected chi connectivity index (χ1v) is 12.7. The van der Waals surface area contributed by atoms with Crippen molar-refractivity contribution in [3.63, 3.8) is 0 Å². The minimum atomic E-state index is -0.0861. The number of fused-ring (bicyclic) bond motifs is 4. The van der Waals surface area contributed by atoms with Gasteiger partial charge in [0.2, 0.25) is 0 Å². The lowest BCUT2D eigenvalue weighted by Crippen LogP contribution is -2.26. The summed E-state index contributed by atoms with van der Waals surface area (Å²) in [5.41, 5.74) is 5.22. The summed E-state index contributed by atoms with van der Waals surface area (Å²) < 4.78 is 9.39. The van der Waals surface area contributed by atoms with Gasteiger partial charge in [0.1, 0.15) is 22.5 Å². The van der Waals surface area contributed by atoms with Crippen LogP contribution in [0.1, 0.15) is 25.2 Å². The lowest BCUT2D eigenvalue weighted by molar-refractivity contribution is 0.340. The predicted octanol–water partition coefficient (Wildman–Crippen LogP) is 5.49. The molecular weight excluding hydrogens is 462 g/mol. The number of benzene rings is 3. The molecule has 0 aliphatic heterocycles. The average Bonchev–Trinajstić information content (AvgIpc) is 3.25. The normalized spacial score (nSPS) is 11.5. The third-order valence-corrected chi connectivity index (χ3v) is 6.63. The molecule has 0 bridgehead atoms. The molecule has 0 atom stereocenters. The number of hydrogen-bond acceptors (Lipinski definition) is 5. The summed E-state index contributed by atoms with van der Waals surface area (Å²) in [5, 5.41) is 0.493. The Bertz CT molecular complexity index is 1790. The van der Waals surface area contributed by atoms with Crippen molar-refractivity contribution in [3.8, 4) is 11.4 Å². The third-order valence-electron chi connectivity index (χ3n) is 6.63. The zero-order chi connectivity index (χ0) is 25.4. The van der Waals surface area contributed by atoms with Gasteiger partial charge in [-0.2, -0.15) is 0 Å². The van der Waals surface area contributed by atoms with Gasteiger partial charge in [-0.25, -0.2) is 15.0 Å². The van der Waals surface area contributed by atoms with E-state index in [1.807, 2.05) is 85.1 Å². The lowest BCUT2D eigenvalue weighted by Gasteiger charge is -2.13. The zero-order valence-corrected chi connectivity index (χ0v) is 20.9. The molecule has 0 fully saturated rings. The van der Waals surface area contributed by atoms with E-state index in [2.05, 4.69) is 12.1 Å². The van der Waals surface area contributed by atoms with E-state index in [4.69, 9.17) is 19.7 Å². The Kier molecular flexibility index (Phi) is 5.88. The first-order valence-electron chi connectivity index (χ1n) is 12.7. The average molecular weight is 490 g/mol. The molecular formula is C30H27N5O2. The summed E-state index contributed by atoms with van der Waals surface area (Å²) in [7, 11) is 0. The number of rotatable bonds is 7. The molecule has 0 aliphatic rings. The van der Waals surface area contributed by atoms with Crippen LogP contribution in [0, 0.1) is 0 Å². The fraction of sp³-hybridized carbons (Fsp3) is 0.200. The van der Waals surface area contributed by atoms with Crippen molar-refractivity contribution in [2.75, 3.05) is 6.61 Å². The molecule has 6 rings (SSSR count). The Balaban J connectivity index is 1.62. The second-order valence-corrected chi connectivity index (χ2v) is 8.92. The van der Waals surface area contributed by atoms with E-state index in [1.165, 1.54) is 5.56 Å². The summed E-state index contributed by atoms with van der Waals surface area (Å²) in [6, 6.07) is 25.7. The molecule has 0 aliphatic carbocycles. The molecule has 0 radical (unpaired) electrons. The topological polar surface area (TPSA) is 74.8 Å². The van der Waals surface area contributed by atoms with E-state index in [-0.39, 0.29) is 5.56 Å². The standard InChI is InChI=1S/C30H27N5O2/c1-3-25-33-28-26(30(36)34(25)19-18-20-10-6-5-7-11-20)27-29(32-24-13-9-8-12-23(24)31-27)35(28)21-14-16-22(17-15-21)37-4-2/h5-17H,3-4,18-19H2,1-2H3. The Labute approximate surface area is 214 Å². The van der Waals surface area contributed by atoms with Crippen molar-refractivity contribution >= 4 is 33.2 Å². The van der Waals surface area contributed by atoms with E-state index in [0.717, 1.165) is 34.7 Å². The predicted molar refractivity (Wildman–Crippen MR) is 147 cm³/mol. The van der Waals surface area contributed by atoms with Gasteiger partial charge in [-0.05, 0) is 55.3 Å². The van der Waals surface area contributed by atoms with Gasteiger partial charge in [0, 0.05) is 18.7 Å². The number of aromatic nitrogens is 5. The van der Waals surface area contributed by atoms with Crippen LogP contribution >= 0.6 is 0 Å². The van der Waals surface area contributed by atoms with Gasteiger partial charge in [-0.3, -0.25) is 13.9 Å². The van der Waals surface area contributed by atoms with Gasteiger partial charge in [-0.1, -0.05) is 49.4 Å². The molecule has 0 saturated heterocycles. The highest BCUT2D eigenvalue weighted by atomic mass is 16.5. The number of nitrogens with zero attached hydrogens (tertiary/aromatic N) is 5. The van der Waals surface area contributed by atoms with Crippen molar-refractivity contribution in [1.82, 2.24) is 24.1 Å². The largest absolute Gasteiger partial charge is 0.494 e. The molecule has 3 aromatic heterocycles. The van der Waals surface area contributed by atoms with Crippen molar-refractivity contribution in [3.05, 3.63) is 101 Å². The smallest absolute Gasteiger partial charge is 0.265 e. The van der Waals surface area contributed by atoms with Gasteiger partial charge in [-0.15, -0.1) is 0 Å². The maximum atomic E-state index is 14.1. The molecule has 3 heterocycles. The molecule has 0 spiro atoms. The molecule has 6 aromatic rings. The van der Waals surface area contributed by atoms with Crippen LogP contribution in [-0.4, -0.2) is 30.7 Å². The molecule has 37 heavy (non-hydrogen) atoms. The van der Waals surface area contributed by atoms with Gasteiger partial charge in [0.05, 0.1) is 17.6 Å². The van der Waals surface area contributed by atoms with Crippen molar-refractivity contribution < 1.29 is 4.74 Å². The summed E-state index contributed by atoms with van der Waals surface area (Å²) in [6.07, 6.45) is 1.38. The summed E-state index contributed by atoms with van der Waals surface area (Å²) in [5.74, 6) is 1.53. The number of aryl methyl sites for hydroxylation is 2. The van der Waals surface area contributed by atoms with Crippen molar-refractivity contribution in [2.45, 2.75) is 33.2 Å². The summed E-state index contributed by atoms with van der Waals surface area (Å²) in [6.45, 7) is 5.13. The quantitative estimate of drug-likeness (QED) is 0.297. The molecule has 7 heteroatoms. The van der Waals surface area contributed by atoms with Gasteiger partial charge >= 0.3 is 0 Å². The van der Waals surface area contributed by atoms with Crippen LogP contribution in [-0.2, 0) is 19.4 Å². The van der Waals surface area contributed by atoms with Crippen LogP contribution in [0.25, 0.3) is 38.9 Å². The van der Waals surface area contributed by atoms with Gasteiger partial charge in [0.25, 0.3) is 5.56 Å². The molecule has 7 nitrogen and oxygen atoms in total. The Morgan fingerprint density at radius 1 is 0.784 bits per heavy atom. The van der Waals surface area contributed by atoms with Crippen molar-refractivity contribution in [1.29, 1.82) is 0 Å². The zero-order valence-electron chi connectivity index (χ0n) is 20.9. The van der Waals surface area contributed by atoms with Crippen LogP contribution in [0.5, 0.6) is 5.75 Å². The van der Waals surface area contributed by atoms with Crippen LogP contribution in [0.15, 0.2) is 83.7 Å². The monoisotopic (exact) mass is 489 g/mol. The Morgan fingerprint density at radius 2 is 1.49 bits per heavy atom. The Morgan fingerprint density at radius 3 is 2.19 bits per heavy atom. The maximum absolute atomic E-state index is 14.1. The highest BCUT2D eigenvalue weighted by Crippen LogP contribution is 2.29. The second kappa shape index (κ2) is 9.50. The van der Waals surface area contributed by atoms with Crippen LogP contribution in [0.3, 0.4) is 0 Å². The number of hydrogen-bond donors (Lipinski definition) is 0. The first-order chi connectivity index (χ1) is 18.2.